The first-order chi connectivity index (χ1) is 7.34. The number of carboxylic acid groups (broad SMARTS) is 1. The van der Waals surface area contributed by atoms with Crippen LogP contribution in [-0.2, 0) is 4.79 Å². The molecule has 1 aromatic carbocycles. The van der Waals surface area contributed by atoms with Crippen LogP contribution in [0.4, 0.5) is 0 Å². The minimum atomic E-state index is -0.886. The third-order valence-electron chi connectivity index (χ3n) is 2.64. The van der Waals surface area contributed by atoms with Crippen LogP contribution in [0.15, 0.2) is 6.07 Å². The molecule has 1 aromatic rings. The Labute approximate surface area is 99.7 Å². The summed E-state index contributed by atoms with van der Waals surface area (Å²) < 4.78 is 0. The van der Waals surface area contributed by atoms with Crippen LogP contribution in [0.5, 0.6) is 5.75 Å². The van der Waals surface area contributed by atoms with E-state index in [1.54, 1.807) is 13.8 Å². The predicted octanol–water partition coefficient (Wildman–Crippen LogP) is 3.24. The molecule has 1 rings (SSSR count). The van der Waals surface area contributed by atoms with Gasteiger partial charge in [0.05, 0.1) is 11.4 Å². The standard InChI is InChI=1S/C12H15ClO3/c1-6-4-8(3)11(13)12(16)10(6)7(2)5-9(14)15/h4,7,16H,5H2,1-3H3,(H,14,15). The molecular weight excluding hydrogens is 228 g/mol. The van der Waals surface area contributed by atoms with Gasteiger partial charge < -0.3 is 10.2 Å². The number of aliphatic carboxylic acids is 1. The second-order valence-electron chi connectivity index (χ2n) is 4.09. The lowest BCUT2D eigenvalue weighted by atomic mass is 9.91. The summed E-state index contributed by atoms with van der Waals surface area (Å²) in [5, 5.41) is 19.0. The summed E-state index contributed by atoms with van der Waals surface area (Å²) in [5.74, 6) is -1.13. The number of hydrogen-bond donors (Lipinski definition) is 2. The molecule has 1 unspecified atom stereocenters. The summed E-state index contributed by atoms with van der Waals surface area (Å²) in [4.78, 5) is 10.6. The second-order valence-corrected chi connectivity index (χ2v) is 4.46. The van der Waals surface area contributed by atoms with Crippen molar-refractivity contribution in [1.29, 1.82) is 0 Å². The molecule has 16 heavy (non-hydrogen) atoms. The number of halogens is 1. The number of benzene rings is 1. The zero-order chi connectivity index (χ0) is 12.5. The summed E-state index contributed by atoms with van der Waals surface area (Å²) >= 11 is 5.94. The lowest BCUT2D eigenvalue weighted by Crippen LogP contribution is -2.05. The normalized spacial score (nSPS) is 12.5. The first kappa shape index (κ1) is 12.8. The van der Waals surface area contributed by atoms with Crippen LogP contribution in [0.3, 0.4) is 0 Å². The van der Waals surface area contributed by atoms with Crippen molar-refractivity contribution in [1.82, 2.24) is 0 Å². The van der Waals surface area contributed by atoms with Gasteiger partial charge in [-0.3, -0.25) is 4.79 Å². The molecule has 0 aromatic heterocycles. The molecule has 0 radical (unpaired) electrons. The zero-order valence-corrected chi connectivity index (χ0v) is 10.3. The van der Waals surface area contributed by atoms with E-state index in [0.717, 1.165) is 11.1 Å². The molecule has 0 bridgehead atoms. The number of rotatable bonds is 3. The number of phenolic OH excluding ortho intramolecular Hbond substituents is 1. The topological polar surface area (TPSA) is 57.5 Å². The fourth-order valence-electron chi connectivity index (χ4n) is 1.94. The molecule has 0 amide bonds. The van der Waals surface area contributed by atoms with Crippen molar-refractivity contribution in [2.75, 3.05) is 0 Å². The Morgan fingerprint density at radius 3 is 2.50 bits per heavy atom. The molecule has 88 valence electrons. The van der Waals surface area contributed by atoms with E-state index < -0.39 is 5.97 Å². The highest BCUT2D eigenvalue weighted by atomic mass is 35.5. The van der Waals surface area contributed by atoms with Crippen LogP contribution in [0.2, 0.25) is 5.02 Å². The van der Waals surface area contributed by atoms with Crippen LogP contribution in [0.25, 0.3) is 0 Å². The van der Waals surface area contributed by atoms with Gasteiger partial charge in [-0.2, -0.15) is 0 Å². The van der Waals surface area contributed by atoms with Crippen molar-refractivity contribution in [3.63, 3.8) is 0 Å². The molecule has 0 saturated carbocycles. The molecule has 0 saturated heterocycles. The van der Waals surface area contributed by atoms with E-state index in [9.17, 15) is 9.90 Å². The SMILES string of the molecule is Cc1cc(C)c(C(C)CC(=O)O)c(O)c1Cl. The largest absolute Gasteiger partial charge is 0.506 e. The number of hydrogen-bond acceptors (Lipinski definition) is 2. The minimum absolute atomic E-state index is 0.00733. The van der Waals surface area contributed by atoms with E-state index >= 15 is 0 Å². The van der Waals surface area contributed by atoms with Gasteiger partial charge in [-0.1, -0.05) is 24.6 Å². The number of aromatic hydroxyl groups is 1. The molecule has 3 nitrogen and oxygen atoms in total. The molecule has 0 spiro atoms. The van der Waals surface area contributed by atoms with E-state index in [1.807, 2.05) is 13.0 Å². The number of phenols is 1. The Kier molecular flexibility index (Phi) is 3.81. The van der Waals surface area contributed by atoms with Gasteiger partial charge >= 0.3 is 5.97 Å². The summed E-state index contributed by atoms with van der Waals surface area (Å²) in [6, 6.07) is 1.86. The van der Waals surface area contributed by atoms with Gasteiger partial charge in [-0.15, -0.1) is 0 Å². The van der Waals surface area contributed by atoms with Crippen molar-refractivity contribution in [2.24, 2.45) is 0 Å². The molecule has 4 heteroatoms. The molecule has 0 aliphatic rings. The van der Waals surface area contributed by atoms with E-state index in [1.165, 1.54) is 0 Å². The molecule has 0 aliphatic heterocycles. The molecule has 2 N–H and O–H groups in total. The van der Waals surface area contributed by atoms with Crippen molar-refractivity contribution in [3.05, 3.63) is 27.8 Å². The van der Waals surface area contributed by atoms with Crippen LogP contribution in [-0.4, -0.2) is 16.2 Å². The van der Waals surface area contributed by atoms with Gasteiger partial charge in [-0.05, 0) is 30.9 Å². The van der Waals surface area contributed by atoms with Gasteiger partial charge in [0, 0.05) is 5.56 Å². The molecular formula is C12H15ClO3. The van der Waals surface area contributed by atoms with Gasteiger partial charge in [0.25, 0.3) is 0 Å². The van der Waals surface area contributed by atoms with Crippen molar-refractivity contribution >= 4 is 17.6 Å². The minimum Gasteiger partial charge on any atom is -0.506 e. The third kappa shape index (κ3) is 2.47. The highest BCUT2D eigenvalue weighted by molar-refractivity contribution is 6.32. The molecule has 0 heterocycles. The van der Waals surface area contributed by atoms with E-state index in [2.05, 4.69) is 0 Å². The van der Waals surface area contributed by atoms with E-state index in [-0.39, 0.29) is 18.1 Å². The average Bonchev–Trinajstić information content (AvgIpc) is 2.13. The maximum atomic E-state index is 10.6. The lowest BCUT2D eigenvalue weighted by Gasteiger charge is -2.17. The van der Waals surface area contributed by atoms with E-state index in [0.29, 0.717) is 10.6 Å². The highest BCUT2D eigenvalue weighted by Gasteiger charge is 2.19. The first-order valence-corrected chi connectivity index (χ1v) is 5.42. The van der Waals surface area contributed by atoms with Crippen LogP contribution in [0, 0.1) is 13.8 Å². The van der Waals surface area contributed by atoms with Gasteiger partial charge in [-0.25, -0.2) is 0 Å². The summed E-state index contributed by atoms with van der Waals surface area (Å²) in [5.41, 5.74) is 2.29. The highest BCUT2D eigenvalue weighted by Crippen LogP contribution is 2.38. The van der Waals surface area contributed by atoms with Crippen LogP contribution < -0.4 is 0 Å². The fourth-order valence-corrected chi connectivity index (χ4v) is 2.10. The maximum absolute atomic E-state index is 10.6. The maximum Gasteiger partial charge on any atom is 0.303 e. The summed E-state index contributed by atoms with van der Waals surface area (Å²) in [6.45, 7) is 5.42. The van der Waals surface area contributed by atoms with Crippen LogP contribution in [0.1, 0.15) is 36.0 Å². The predicted molar refractivity (Wildman–Crippen MR) is 63.3 cm³/mol. The summed E-state index contributed by atoms with van der Waals surface area (Å²) in [6.07, 6.45) is -0.0200. The van der Waals surface area contributed by atoms with Gasteiger partial charge in [0.2, 0.25) is 0 Å². The Balaban J connectivity index is 3.23. The number of carbonyl (C=O) groups is 1. The average molecular weight is 243 g/mol. The zero-order valence-electron chi connectivity index (χ0n) is 9.54. The van der Waals surface area contributed by atoms with Gasteiger partial charge in [0.1, 0.15) is 5.75 Å². The van der Waals surface area contributed by atoms with Crippen LogP contribution >= 0.6 is 11.6 Å². The summed E-state index contributed by atoms with van der Waals surface area (Å²) in [7, 11) is 0. The fraction of sp³-hybridized carbons (Fsp3) is 0.417. The van der Waals surface area contributed by atoms with Crippen molar-refractivity contribution in [2.45, 2.75) is 33.1 Å². The van der Waals surface area contributed by atoms with Gasteiger partial charge in [0.15, 0.2) is 0 Å². The Bertz CT molecular complexity index is 427. The first-order valence-electron chi connectivity index (χ1n) is 5.05. The lowest BCUT2D eigenvalue weighted by molar-refractivity contribution is -0.137. The third-order valence-corrected chi connectivity index (χ3v) is 3.12. The number of carboxylic acids is 1. The molecule has 0 fully saturated rings. The Hall–Kier alpha value is -1.22. The monoisotopic (exact) mass is 242 g/mol. The van der Waals surface area contributed by atoms with Crippen molar-refractivity contribution in [3.8, 4) is 5.75 Å². The second kappa shape index (κ2) is 4.74. The smallest absolute Gasteiger partial charge is 0.303 e. The van der Waals surface area contributed by atoms with Crippen molar-refractivity contribution < 1.29 is 15.0 Å². The quantitative estimate of drug-likeness (QED) is 0.856. The van der Waals surface area contributed by atoms with E-state index in [4.69, 9.17) is 16.7 Å². The Morgan fingerprint density at radius 2 is 2.00 bits per heavy atom. The molecule has 1 atom stereocenters. The number of aryl methyl sites for hydroxylation is 2. The Morgan fingerprint density at radius 1 is 1.44 bits per heavy atom. The molecule has 0 aliphatic carbocycles.